The molecule has 4 N–H and O–H groups in total. The Morgan fingerprint density at radius 1 is 0.837 bits per heavy atom. The molecule has 0 aromatic heterocycles. The number of amides is 3. The monoisotopic (exact) mass is 682 g/mol. The molecule has 254 valence electrons. The fourth-order valence-corrected chi connectivity index (χ4v) is 8.45. The van der Waals surface area contributed by atoms with E-state index >= 15 is 0 Å². The van der Waals surface area contributed by atoms with E-state index < -0.39 is 64.7 Å². The van der Waals surface area contributed by atoms with Crippen LogP contribution in [0.25, 0.3) is 11.1 Å². The topological polar surface area (TPSA) is 175 Å². The first-order valence-electron chi connectivity index (χ1n) is 16.1. The smallest absolute Gasteiger partial charge is 0.407 e. The predicted octanol–water partition coefficient (Wildman–Crippen LogP) is 3.93. The van der Waals surface area contributed by atoms with Gasteiger partial charge in [0.05, 0.1) is 12.5 Å². The van der Waals surface area contributed by atoms with E-state index in [1.165, 1.54) is 6.92 Å². The molecule has 49 heavy (non-hydrogen) atoms. The zero-order chi connectivity index (χ0) is 34.9. The van der Waals surface area contributed by atoms with Gasteiger partial charge in [0, 0.05) is 12.3 Å². The van der Waals surface area contributed by atoms with Crippen LogP contribution < -0.4 is 16.0 Å². The van der Waals surface area contributed by atoms with Crippen LogP contribution in [-0.4, -0.2) is 75.9 Å². The van der Waals surface area contributed by atoms with Gasteiger partial charge in [-0.25, -0.2) is 4.79 Å². The average Bonchev–Trinajstić information content (AvgIpc) is 3.74. The van der Waals surface area contributed by atoms with Crippen LogP contribution in [-0.2, 0) is 30.3 Å². The van der Waals surface area contributed by atoms with Crippen molar-refractivity contribution in [2.45, 2.75) is 56.7 Å². The Labute approximate surface area is 287 Å². The minimum Gasteiger partial charge on any atom is -0.481 e. The van der Waals surface area contributed by atoms with Crippen LogP contribution in [0.2, 0.25) is 0 Å². The largest absolute Gasteiger partial charge is 0.481 e. The highest BCUT2D eigenvalue weighted by Gasteiger charge is 2.33. The normalized spacial score (nSPS) is 15.4. The molecular formula is C37H38N4O7S. The number of ether oxygens (including phenoxy) is 1. The van der Waals surface area contributed by atoms with E-state index in [0.717, 1.165) is 52.2 Å². The van der Waals surface area contributed by atoms with E-state index in [1.807, 2.05) is 66.7 Å². The average molecular weight is 683 g/mol. The number of carboxylic acids is 1. The maximum absolute atomic E-state index is 13.6. The summed E-state index contributed by atoms with van der Waals surface area (Å²) in [7, 11) is -0.474. The second-order valence-corrected chi connectivity index (χ2v) is 14.2. The summed E-state index contributed by atoms with van der Waals surface area (Å²) in [6, 6.07) is 22.9. The molecule has 1 aliphatic carbocycles. The van der Waals surface area contributed by atoms with Crippen molar-refractivity contribution >= 4 is 45.0 Å². The van der Waals surface area contributed by atoms with Crippen molar-refractivity contribution in [1.82, 2.24) is 16.0 Å². The third kappa shape index (κ3) is 8.61. The third-order valence-corrected chi connectivity index (χ3v) is 11.1. The summed E-state index contributed by atoms with van der Waals surface area (Å²) < 4.78 is 5.50. The summed E-state index contributed by atoms with van der Waals surface area (Å²) in [5.74, 6) is -2.15. The lowest BCUT2D eigenvalue weighted by Crippen LogP contribution is -2.56. The number of aliphatic carboxylic acids is 1. The van der Waals surface area contributed by atoms with Crippen molar-refractivity contribution in [2.75, 3.05) is 18.1 Å². The van der Waals surface area contributed by atoms with Crippen molar-refractivity contribution < 1.29 is 33.8 Å². The first-order valence-corrected chi connectivity index (χ1v) is 17.7. The molecule has 12 heteroatoms. The lowest BCUT2D eigenvalue weighted by molar-refractivity contribution is -0.140. The molecule has 0 bridgehead atoms. The second-order valence-electron chi connectivity index (χ2n) is 12.0. The molecule has 3 aromatic carbocycles. The van der Waals surface area contributed by atoms with Crippen LogP contribution in [0.3, 0.4) is 0 Å². The summed E-state index contributed by atoms with van der Waals surface area (Å²) in [5, 5.41) is 26.8. The second kappa shape index (κ2) is 16.2. The number of nitriles is 1. The van der Waals surface area contributed by atoms with Crippen LogP contribution in [0.1, 0.15) is 48.8 Å². The highest BCUT2D eigenvalue weighted by molar-refractivity contribution is 8.17. The number of hydrogen-bond acceptors (Lipinski definition) is 7. The fourth-order valence-electron chi connectivity index (χ4n) is 6.18. The van der Waals surface area contributed by atoms with E-state index in [0.29, 0.717) is 0 Å². The Hall–Kier alpha value is -5.28. The van der Waals surface area contributed by atoms with Crippen LogP contribution in [0.15, 0.2) is 78.9 Å². The number of carbonyl (C=O) groups is 5. The maximum Gasteiger partial charge on any atom is 0.407 e. The Morgan fingerprint density at radius 3 is 2.02 bits per heavy atom. The van der Waals surface area contributed by atoms with Crippen molar-refractivity contribution in [3.63, 3.8) is 0 Å². The van der Waals surface area contributed by atoms with Crippen molar-refractivity contribution in [3.05, 3.63) is 95.6 Å². The quantitative estimate of drug-likeness (QED) is 0.196. The zero-order valence-electron chi connectivity index (χ0n) is 27.0. The predicted molar refractivity (Wildman–Crippen MR) is 186 cm³/mol. The van der Waals surface area contributed by atoms with E-state index in [9.17, 15) is 34.3 Å². The molecule has 3 atom stereocenters. The number of rotatable bonds is 13. The number of carbonyl (C=O) groups excluding carboxylic acids is 4. The van der Waals surface area contributed by atoms with Crippen LogP contribution in [0, 0.1) is 11.3 Å². The summed E-state index contributed by atoms with van der Waals surface area (Å²) in [4.78, 5) is 64.8. The standard InChI is InChI=1S/C37H38N4O7S/c1-23(35(45)40-30(19-24-11-3-2-4-12-24)34(44)32(21-38)49-17-9-10-18-49)39-36(46)31(20-33(42)43)41-37(47)48-22-29-27-15-7-5-13-25(27)26-14-6-8-16-28(26)29/h2-8,11-16,23,29-31H,9-10,17-20,22H2,1H3,(H,39,46)(H,40,45)(H,41,47)(H,42,43)/t23-,30-,31+/m0/s1. The highest BCUT2D eigenvalue weighted by Crippen LogP contribution is 2.44. The maximum atomic E-state index is 13.6. The number of fused-ring (bicyclic) bond motifs is 3. The van der Waals surface area contributed by atoms with Crippen molar-refractivity contribution in [1.29, 1.82) is 5.26 Å². The summed E-state index contributed by atoms with van der Waals surface area (Å²) >= 11 is 0. The lowest BCUT2D eigenvalue weighted by Gasteiger charge is -2.23. The molecule has 0 spiro atoms. The minimum absolute atomic E-state index is 0.0416. The Kier molecular flexibility index (Phi) is 11.6. The van der Waals surface area contributed by atoms with Gasteiger partial charge < -0.3 is 25.8 Å². The van der Waals surface area contributed by atoms with Gasteiger partial charge in [-0.1, -0.05) is 78.9 Å². The molecule has 1 saturated heterocycles. The van der Waals surface area contributed by atoms with E-state index in [2.05, 4.69) is 22.0 Å². The third-order valence-electron chi connectivity index (χ3n) is 8.64. The molecule has 2 aliphatic rings. The molecule has 1 aliphatic heterocycles. The van der Waals surface area contributed by atoms with Gasteiger partial charge in [0.2, 0.25) is 17.6 Å². The van der Waals surface area contributed by atoms with E-state index in [-0.39, 0.29) is 23.8 Å². The summed E-state index contributed by atoms with van der Waals surface area (Å²) in [5.41, 5.74) is 4.83. The van der Waals surface area contributed by atoms with E-state index in [1.54, 1.807) is 12.1 Å². The minimum atomic E-state index is -1.55. The van der Waals surface area contributed by atoms with Gasteiger partial charge in [0.1, 0.15) is 29.6 Å². The SMILES string of the molecule is C[C@H](NC(=O)[C@@H](CC(=O)O)NC(=O)OCC1c2ccccc2-c2ccccc21)C(=O)N[C@@H](Cc1ccccc1)C(=O)C(C#N)=S1CCCC1. The number of benzene rings is 3. The van der Waals surface area contributed by atoms with Gasteiger partial charge in [0.15, 0.2) is 0 Å². The number of nitrogens with one attached hydrogen (secondary N) is 3. The van der Waals surface area contributed by atoms with Gasteiger partial charge in [-0.3, -0.25) is 19.2 Å². The number of nitrogens with zero attached hydrogens (tertiary/aromatic N) is 1. The van der Waals surface area contributed by atoms with Gasteiger partial charge in [-0.2, -0.15) is 15.7 Å². The van der Waals surface area contributed by atoms with Crippen LogP contribution in [0.5, 0.6) is 0 Å². The molecule has 3 aromatic rings. The summed E-state index contributed by atoms with van der Waals surface area (Å²) in [6.45, 7) is 1.34. The number of carboxylic acid groups (broad SMARTS) is 1. The molecule has 0 unspecified atom stereocenters. The van der Waals surface area contributed by atoms with Crippen molar-refractivity contribution in [2.24, 2.45) is 0 Å². The Bertz CT molecular complexity index is 1770. The van der Waals surface area contributed by atoms with Gasteiger partial charge in [0.25, 0.3) is 0 Å². The van der Waals surface area contributed by atoms with Crippen molar-refractivity contribution in [3.8, 4) is 17.2 Å². The zero-order valence-corrected chi connectivity index (χ0v) is 27.8. The Balaban J connectivity index is 1.23. The first kappa shape index (κ1) is 35.0. The number of alkyl carbamates (subject to hydrolysis) is 1. The molecule has 1 fully saturated rings. The molecule has 3 amide bonds. The summed E-state index contributed by atoms with van der Waals surface area (Å²) in [6.07, 6.45) is 0.257. The fraction of sp³-hybridized carbons (Fsp3) is 0.324. The molecule has 11 nitrogen and oxygen atoms in total. The first-order chi connectivity index (χ1) is 23.7. The molecule has 0 radical (unpaired) electrons. The van der Waals surface area contributed by atoms with Crippen LogP contribution in [0.4, 0.5) is 4.79 Å². The lowest BCUT2D eigenvalue weighted by atomic mass is 9.98. The molecule has 5 rings (SSSR count). The number of Topliss-reactive ketones (excluding diaryl/α,β-unsaturated/α-hetero) is 1. The molecular weight excluding hydrogens is 644 g/mol. The Morgan fingerprint density at radius 2 is 1.43 bits per heavy atom. The van der Waals surface area contributed by atoms with Gasteiger partial charge in [-0.15, -0.1) is 0 Å². The van der Waals surface area contributed by atoms with E-state index in [4.69, 9.17) is 4.74 Å². The van der Waals surface area contributed by atoms with Gasteiger partial charge in [-0.05, 0) is 59.1 Å². The molecule has 0 saturated carbocycles. The highest BCUT2D eigenvalue weighted by atomic mass is 32.2. The van der Waals surface area contributed by atoms with Crippen LogP contribution >= 0.6 is 10.5 Å². The molecule has 1 heterocycles. The number of ketones is 1. The number of hydrogen-bond donors (Lipinski definition) is 4. The van der Waals surface area contributed by atoms with Gasteiger partial charge >= 0.3 is 12.1 Å².